The van der Waals surface area contributed by atoms with Crippen molar-refractivity contribution in [2.75, 3.05) is 20.2 Å². The second-order valence-electron chi connectivity index (χ2n) is 4.54. The summed E-state index contributed by atoms with van der Waals surface area (Å²) >= 11 is 0. The van der Waals surface area contributed by atoms with E-state index < -0.39 is 0 Å². The third-order valence-electron chi connectivity index (χ3n) is 3.28. The van der Waals surface area contributed by atoms with Crippen molar-refractivity contribution in [1.29, 1.82) is 0 Å². The maximum absolute atomic E-state index is 12.2. The largest absolute Gasteiger partial charge is 0.395 e. The molecule has 1 N–H and O–H groups in total. The van der Waals surface area contributed by atoms with E-state index in [0.717, 1.165) is 11.1 Å². The Kier molecular flexibility index (Phi) is 4.85. The summed E-state index contributed by atoms with van der Waals surface area (Å²) in [5, 5.41) is 8.87. The van der Waals surface area contributed by atoms with Gasteiger partial charge in [0.25, 0.3) is 0 Å². The Labute approximate surface area is 103 Å². The molecule has 0 saturated carbocycles. The van der Waals surface area contributed by atoms with Gasteiger partial charge in [0.15, 0.2) is 5.78 Å². The molecule has 0 radical (unpaired) electrons. The van der Waals surface area contributed by atoms with E-state index in [1.807, 2.05) is 50.9 Å². The minimum Gasteiger partial charge on any atom is -0.395 e. The number of rotatable bonds is 5. The van der Waals surface area contributed by atoms with Gasteiger partial charge < -0.3 is 5.11 Å². The highest BCUT2D eigenvalue weighted by Gasteiger charge is 2.19. The number of ketones is 1. The quantitative estimate of drug-likeness (QED) is 0.791. The van der Waals surface area contributed by atoms with Crippen LogP contribution in [0.4, 0.5) is 0 Å². The van der Waals surface area contributed by atoms with E-state index in [1.165, 1.54) is 5.56 Å². The van der Waals surface area contributed by atoms with Crippen LogP contribution in [0.1, 0.15) is 28.4 Å². The average Bonchev–Trinajstić information content (AvgIpc) is 2.31. The first kappa shape index (κ1) is 13.9. The van der Waals surface area contributed by atoms with Gasteiger partial charge in [-0.05, 0) is 45.0 Å². The smallest absolute Gasteiger partial charge is 0.179 e. The highest BCUT2D eigenvalue weighted by atomic mass is 16.3. The summed E-state index contributed by atoms with van der Waals surface area (Å²) < 4.78 is 0. The maximum Gasteiger partial charge on any atom is 0.179 e. The lowest BCUT2D eigenvalue weighted by molar-refractivity contribution is 0.0848. The molecule has 17 heavy (non-hydrogen) atoms. The molecule has 0 spiro atoms. The van der Waals surface area contributed by atoms with Crippen LogP contribution in [0.25, 0.3) is 0 Å². The van der Waals surface area contributed by atoms with Crippen molar-refractivity contribution in [3.05, 3.63) is 34.9 Å². The SMILES string of the molecule is Cc1ccc(C(=O)C(C)N(C)CCO)cc1C. The molecule has 0 saturated heterocycles. The Morgan fingerprint density at radius 1 is 1.35 bits per heavy atom. The van der Waals surface area contributed by atoms with Crippen molar-refractivity contribution in [3.63, 3.8) is 0 Å². The Bertz CT molecular complexity index is 401. The van der Waals surface area contributed by atoms with E-state index >= 15 is 0 Å². The fraction of sp³-hybridized carbons (Fsp3) is 0.500. The number of likely N-dealkylation sites (N-methyl/N-ethyl adjacent to an activating group) is 1. The number of aliphatic hydroxyl groups is 1. The number of carbonyl (C=O) groups excluding carboxylic acids is 1. The number of aryl methyl sites for hydroxylation is 2. The molecule has 3 nitrogen and oxygen atoms in total. The van der Waals surface area contributed by atoms with Gasteiger partial charge in [-0.25, -0.2) is 0 Å². The maximum atomic E-state index is 12.2. The number of Topliss-reactive ketones (excluding diaryl/α,β-unsaturated/α-hetero) is 1. The fourth-order valence-electron chi connectivity index (χ4n) is 1.69. The van der Waals surface area contributed by atoms with Gasteiger partial charge in [0.05, 0.1) is 12.6 Å². The molecule has 0 heterocycles. The molecule has 1 aromatic carbocycles. The standard InChI is InChI=1S/C14H21NO2/c1-10-5-6-13(9-11(10)2)14(17)12(3)15(4)7-8-16/h5-6,9,12,16H,7-8H2,1-4H3. The Hall–Kier alpha value is -1.19. The van der Waals surface area contributed by atoms with Gasteiger partial charge in [-0.1, -0.05) is 12.1 Å². The lowest BCUT2D eigenvalue weighted by Gasteiger charge is -2.22. The monoisotopic (exact) mass is 235 g/mol. The zero-order chi connectivity index (χ0) is 13.0. The predicted molar refractivity (Wildman–Crippen MR) is 69.4 cm³/mol. The van der Waals surface area contributed by atoms with Crippen molar-refractivity contribution >= 4 is 5.78 Å². The molecule has 1 aromatic rings. The van der Waals surface area contributed by atoms with Crippen LogP contribution in [0.3, 0.4) is 0 Å². The van der Waals surface area contributed by atoms with E-state index in [4.69, 9.17) is 5.11 Å². The van der Waals surface area contributed by atoms with Crippen LogP contribution in [0.2, 0.25) is 0 Å². The first-order valence-electron chi connectivity index (χ1n) is 5.90. The van der Waals surface area contributed by atoms with Crippen LogP contribution >= 0.6 is 0 Å². The fourth-order valence-corrected chi connectivity index (χ4v) is 1.69. The Balaban J connectivity index is 2.85. The first-order valence-corrected chi connectivity index (χ1v) is 5.90. The third-order valence-corrected chi connectivity index (χ3v) is 3.28. The summed E-state index contributed by atoms with van der Waals surface area (Å²) in [5.41, 5.74) is 3.07. The molecule has 0 aliphatic carbocycles. The molecular weight excluding hydrogens is 214 g/mol. The Morgan fingerprint density at radius 3 is 2.53 bits per heavy atom. The van der Waals surface area contributed by atoms with Gasteiger partial charge >= 0.3 is 0 Å². The number of hydrogen-bond acceptors (Lipinski definition) is 3. The van der Waals surface area contributed by atoms with Gasteiger partial charge in [-0.3, -0.25) is 9.69 Å². The molecule has 1 atom stereocenters. The molecule has 94 valence electrons. The number of hydrogen-bond donors (Lipinski definition) is 1. The van der Waals surface area contributed by atoms with Gasteiger partial charge in [0.1, 0.15) is 0 Å². The van der Waals surface area contributed by atoms with E-state index in [-0.39, 0.29) is 18.4 Å². The zero-order valence-electron chi connectivity index (χ0n) is 11.0. The molecule has 3 heteroatoms. The number of carbonyl (C=O) groups is 1. The summed E-state index contributed by atoms with van der Waals surface area (Å²) in [6, 6.07) is 5.57. The molecule has 0 bridgehead atoms. The number of nitrogens with zero attached hydrogens (tertiary/aromatic N) is 1. The molecule has 0 aromatic heterocycles. The van der Waals surface area contributed by atoms with Crippen LogP contribution in [0.15, 0.2) is 18.2 Å². The summed E-state index contributed by atoms with van der Waals surface area (Å²) in [4.78, 5) is 14.1. The summed E-state index contributed by atoms with van der Waals surface area (Å²) in [5.74, 6) is 0.101. The zero-order valence-corrected chi connectivity index (χ0v) is 11.0. The second kappa shape index (κ2) is 5.94. The summed E-state index contributed by atoms with van der Waals surface area (Å²) in [6.07, 6.45) is 0. The topological polar surface area (TPSA) is 40.5 Å². The summed E-state index contributed by atoms with van der Waals surface area (Å²) in [6.45, 7) is 6.49. The van der Waals surface area contributed by atoms with Crippen molar-refractivity contribution in [2.45, 2.75) is 26.8 Å². The molecule has 1 rings (SSSR count). The molecule has 1 unspecified atom stereocenters. The second-order valence-corrected chi connectivity index (χ2v) is 4.54. The molecule has 0 aliphatic heterocycles. The average molecular weight is 235 g/mol. The Morgan fingerprint density at radius 2 is 2.00 bits per heavy atom. The van der Waals surface area contributed by atoms with Gasteiger partial charge in [0, 0.05) is 12.1 Å². The summed E-state index contributed by atoms with van der Waals surface area (Å²) in [7, 11) is 1.85. The van der Waals surface area contributed by atoms with E-state index in [2.05, 4.69) is 0 Å². The van der Waals surface area contributed by atoms with Gasteiger partial charge in [0.2, 0.25) is 0 Å². The minimum atomic E-state index is -0.204. The number of benzene rings is 1. The highest BCUT2D eigenvalue weighted by Crippen LogP contribution is 2.13. The highest BCUT2D eigenvalue weighted by molar-refractivity contribution is 6.00. The molecule has 0 aliphatic rings. The van der Waals surface area contributed by atoms with Crippen LogP contribution in [-0.2, 0) is 0 Å². The van der Waals surface area contributed by atoms with E-state index in [9.17, 15) is 4.79 Å². The number of aliphatic hydroxyl groups excluding tert-OH is 1. The predicted octanol–water partition coefficient (Wildman–Crippen LogP) is 1.80. The van der Waals surface area contributed by atoms with Gasteiger partial charge in [-0.2, -0.15) is 0 Å². The van der Waals surface area contributed by atoms with Crippen molar-refractivity contribution in [2.24, 2.45) is 0 Å². The molecule has 0 amide bonds. The lowest BCUT2D eigenvalue weighted by Crippen LogP contribution is -2.37. The van der Waals surface area contributed by atoms with E-state index in [0.29, 0.717) is 6.54 Å². The van der Waals surface area contributed by atoms with Crippen LogP contribution in [-0.4, -0.2) is 42.0 Å². The van der Waals surface area contributed by atoms with Crippen molar-refractivity contribution in [1.82, 2.24) is 4.90 Å². The normalized spacial score (nSPS) is 12.8. The van der Waals surface area contributed by atoms with Crippen LogP contribution in [0, 0.1) is 13.8 Å². The van der Waals surface area contributed by atoms with Crippen molar-refractivity contribution in [3.8, 4) is 0 Å². The van der Waals surface area contributed by atoms with E-state index in [1.54, 1.807) is 0 Å². The van der Waals surface area contributed by atoms with Crippen molar-refractivity contribution < 1.29 is 9.90 Å². The first-order chi connectivity index (χ1) is 7.97. The molecular formula is C14H21NO2. The minimum absolute atomic E-state index is 0.0705. The van der Waals surface area contributed by atoms with Crippen LogP contribution in [0.5, 0.6) is 0 Å². The third kappa shape index (κ3) is 3.38. The molecule has 0 fully saturated rings. The van der Waals surface area contributed by atoms with Crippen LogP contribution < -0.4 is 0 Å². The van der Waals surface area contributed by atoms with Gasteiger partial charge in [-0.15, -0.1) is 0 Å². The lowest BCUT2D eigenvalue weighted by atomic mass is 10.00.